The molecule has 1 unspecified atom stereocenters. The lowest BCUT2D eigenvalue weighted by Gasteiger charge is -2.09. The molecule has 0 aromatic carbocycles. The molecule has 0 heterocycles. The van der Waals surface area contributed by atoms with Crippen molar-refractivity contribution in [2.75, 3.05) is 65.9 Å². The van der Waals surface area contributed by atoms with Crippen LogP contribution in [0.25, 0.3) is 0 Å². The van der Waals surface area contributed by atoms with Gasteiger partial charge in [-0.05, 0) is 5.92 Å². The summed E-state index contributed by atoms with van der Waals surface area (Å²) in [6.07, 6.45) is -0.773. The van der Waals surface area contributed by atoms with Crippen LogP contribution in [0.15, 0.2) is 0 Å². The van der Waals surface area contributed by atoms with Gasteiger partial charge in [-0.1, -0.05) is 20.8 Å². The van der Waals surface area contributed by atoms with Gasteiger partial charge in [0, 0.05) is 6.54 Å². The second kappa shape index (κ2) is 23.1. The quantitative estimate of drug-likeness (QED) is 0.227. The van der Waals surface area contributed by atoms with Gasteiger partial charge in [0.1, 0.15) is 6.17 Å². The Labute approximate surface area is 149 Å². The van der Waals surface area contributed by atoms with Gasteiger partial charge in [0.15, 0.2) is 0 Å². The van der Waals surface area contributed by atoms with Crippen molar-refractivity contribution >= 4 is 6.41 Å². The zero-order chi connectivity index (χ0) is 19.2. The minimum atomic E-state index is -1.22. The predicted molar refractivity (Wildman–Crippen MR) is 91.9 cm³/mol. The van der Waals surface area contributed by atoms with E-state index in [1.165, 1.54) is 5.54 Å². The summed E-state index contributed by atoms with van der Waals surface area (Å²) in [6, 6.07) is 0. The number of ether oxygens (including phenoxy) is 4. The maximum atomic E-state index is 13.0. The minimum Gasteiger partial charge on any atom is -0.378 e. The van der Waals surface area contributed by atoms with E-state index in [1.54, 1.807) is 0 Å². The smallest absolute Gasteiger partial charge is 0.207 e. The fourth-order valence-corrected chi connectivity index (χ4v) is 1.22. The summed E-state index contributed by atoms with van der Waals surface area (Å²) >= 11 is 0. The van der Waals surface area contributed by atoms with Gasteiger partial charge < -0.3 is 24.3 Å². The zero-order valence-electron chi connectivity index (χ0n) is 15.6. The number of halogens is 2. The maximum Gasteiger partial charge on any atom is 0.207 e. The van der Waals surface area contributed by atoms with Crippen LogP contribution in [-0.4, -0.2) is 78.5 Å². The molecule has 9 heteroatoms. The molecule has 0 saturated heterocycles. The Hall–Kier alpha value is -0.870. The Morgan fingerprint density at radius 1 is 0.880 bits per heavy atom. The Kier molecular flexibility index (Phi) is 24.4. The van der Waals surface area contributed by atoms with Crippen LogP contribution in [0.4, 0.5) is 8.87 Å². The van der Waals surface area contributed by atoms with Gasteiger partial charge in [0.2, 0.25) is 6.41 Å². The number of hydrogen-bond acceptors (Lipinski definition) is 6. The Morgan fingerprint density at radius 2 is 1.32 bits per heavy atom. The molecule has 1 amide bonds. The van der Waals surface area contributed by atoms with Crippen LogP contribution in [0.5, 0.6) is 0 Å². The second-order valence-electron chi connectivity index (χ2n) is 5.65. The predicted octanol–water partition coefficient (Wildman–Crippen LogP) is 1.27. The summed E-state index contributed by atoms with van der Waals surface area (Å²) in [4.78, 5) is 9.92. The maximum absolute atomic E-state index is 13.0. The molecule has 25 heavy (non-hydrogen) atoms. The molecular formula is C16H34F2N2O5. The lowest BCUT2D eigenvalue weighted by Crippen LogP contribution is -2.26. The van der Waals surface area contributed by atoms with Crippen molar-refractivity contribution in [2.45, 2.75) is 26.9 Å². The van der Waals surface area contributed by atoms with Crippen molar-refractivity contribution in [2.24, 2.45) is 5.92 Å². The van der Waals surface area contributed by atoms with E-state index in [2.05, 4.69) is 26.1 Å². The molecule has 0 radical (unpaired) electrons. The van der Waals surface area contributed by atoms with E-state index in [0.29, 0.717) is 46.1 Å². The number of carbonyl (C=O) groups is 1. The molecule has 0 bridgehead atoms. The van der Waals surface area contributed by atoms with Gasteiger partial charge in [0.25, 0.3) is 0 Å². The molecule has 0 rings (SSSR count). The number of alkyl halides is 1. The standard InChI is InChI=1S/C12H24F2N2O5.C4H10/c13-12(9-15-11-17)10-21-8-7-20-6-5-19-4-3-18-2-1-16-14;1-4(2)3/h11-12,16H,1-10H2,(H,15,17);4H,1-3H3. The molecule has 1 atom stereocenters. The van der Waals surface area contributed by atoms with Crippen LogP contribution in [0.2, 0.25) is 0 Å². The van der Waals surface area contributed by atoms with Crippen LogP contribution in [0, 0.1) is 5.92 Å². The molecule has 7 nitrogen and oxygen atoms in total. The fourth-order valence-electron chi connectivity index (χ4n) is 1.22. The first kappa shape index (κ1) is 26.4. The van der Waals surface area contributed by atoms with Crippen molar-refractivity contribution in [1.29, 1.82) is 0 Å². The van der Waals surface area contributed by atoms with Crippen molar-refractivity contribution < 1.29 is 32.6 Å². The average molecular weight is 372 g/mol. The normalized spacial score (nSPS) is 11.8. The molecule has 0 aromatic rings. The number of amides is 1. The molecule has 0 aromatic heterocycles. The van der Waals surface area contributed by atoms with E-state index in [4.69, 9.17) is 18.9 Å². The van der Waals surface area contributed by atoms with Crippen molar-refractivity contribution in [3.63, 3.8) is 0 Å². The van der Waals surface area contributed by atoms with Crippen LogP contribution < -0.4 is 10.9 Å². The van der Waals surface area contributed by atoms with Crippen LogP contribution in [0.1, 0.15) is 20.8 Å². The summed E-state index contributed by atoms with van der Waals surface area (Å²) in [5.74, 6) is 0.833. The summed E-state index contributed by atoms with van der Waals surface area (Å²) in [7, 11) is 0. The number of carbonyl (C=O) groups excluding carboxylic acids is 1. The van der Waals surface area contributed by atoms with E-state index in [1.807, 2.05) is 0 Å². The molecule has 0 fully saturated rings. The Morgan fingerprint density at radius 3 is 1.76 bits per heavy atom. The van der Waals surface area contributed by atoms with Crippen LogP contribution >= 0.6 is 0 Å². The molecular weight excluding hydrogens is 338 g/mol. The molecule has 0 aliphatic carbocycles. The molecule has 0 aliphatic rings. The Balaban J connectivity index is 0. The van der Waals surface area contributed by atoms with Crippen molar-refractivity contribution in [1.82, 2.24) is 10.9 Å². The minimum absolute atomic E-state index is 0.0539. The third-order valence-electron chi connectivity index (χ3n) is 2.18. The average Bonchev–Trinajstić information content (AvgIpc) is 2.56. The highest BCUT2D eigenvalue weighted by Gasteiger charge is 2.04. The largest absolute Gasteiger partial charge is 0.378 e. The van der Waals surface area contributed by atoms with Crippen LogP contribution in [0.3, 0.4) is 0 Å². The first-order chi connectivity index (χ1) is 12.0. The first-order valence-electron chi connectivity index (χ1n) is 8.50. The molecule has 0 saturated carbocycles. The van der Waals surface area contributed by atoms with Gasteiger partial charge in [-0.15, -0.1) is 4.48 Å². The van der Waals surface area contributed by atoms with E-state index in [-0.39, 0.29) is 26.3 Å². The van der Waals surface area contributed by atoms with E-state index < -0.39 is 6.17 Å². The van der Waals surface area contributed by atoms with Crippen molar-refractivity contribution in [3.05, 3.63) is 0 Å². The third-order valence-corrected chi connectivity index (χ3v) is 2.18. The molecule has 0 spiro atoms. The summed E-state index contributed by atoms with van der Waals surface area (Å²) < 4.78 is 44.9. The second-order valence-corrected chi connectivity index (χ2v) is 5.65. The van der Waals surface area contributed by atoms with Crippen molar-refractivity contribution in [3.8, 4) is 0 Å². The highest BCUT2D eigenvalue weighted by atomic mass is 19.2. The van der Waals surface area contributed by atoms with Gasteiger partial charge in [0.05, 0.1) is 59.4 Å². The zero-order valence-corrected chi connectivity index (χ0v) is 15.6. The van der Waals surface area contributed by atoms with Gasteiger partial charge in [-0.25, -0.2) is 4.39 Å². The highest BCUT2D eigenvalue weighted by molar-refractivity contribution is 5.45. The summed E-state index contributed by atoms with van der Waals surface area (Å²) in [5.41, 5.74) is 1.48. The Bertz CT molecular complexity index is 262. The fraction of sp³-hybridized carbons (Fsp3) is 0.938. The lowest BCUT2D eigenvalue weighted by atomic mass is 10.3. The van der Waals surface area contributed by atoms with E-state index in [9.17, 15) is 13.7 Å². The van der Waals surface area contributed by atoms with E-state index in [0.717, 1.165) is 5.92 Å². The number of nitrogens with one attached hydrogen (secondary N) is 2. The van der Waals surface area contributed by atoms with Crippen LogP contribution in [-0.2, 0) is 23.7 Å². The van der Waals surface area contributed by atoms with Gasteiger partial charge in [-0.3, -0.25) is 4.79 Å². The SMILES string of the molecule is CC(C)C.O=CNCC(F)COCCOCCOCCOCCNF. The first-order valence-corrected chi connectivity index (χ1v) is 8.50. The van der Waals surface area contributed by atoms with Gasteiger partial charge >= 0.3 is 0 Å². The molecule has 152 valence electrons. The third kappa shape index (κ3) is 31.4. The number of hydrogen-bond donors (Lipinski definition) is 2. The lowest BCUT2D eigenvalue weighted by molar-refractivity contribution is -0.109. The summed E-state index contributed by atoms with van der Waals surface area (Å²) in [5, 5.41) is 2.23. The summed E-state index contributed by atoms with van der Waals surface area (Å²) in [6.45, 7) is 9.08. The van der Waals surface area contributed by atoms with Gasteiger partial charge in [-0.2, -0.15) is 5.54 Å². The number of rotatable bonds is 17. The monoisotopic (exact) mass is 372 g/mol. The highest BCUT2D eigenvalue weighted by Crippen LogP contribution is 1.90. The topological polar surface area (TPSA) is 78.1 Å². The molecule has 0 aliphatic heterocycles. The molecule has 2 N–H and O–H groups in total. The van der Waals surface area contributed by atoms with E-state index >= 15 is 0 Å².